The van der Waals surface area contributed by atoms with Gasteiger partial charge in [-0.1, -0.05) is 0 Å². The maximum absolute atomic E-state index is 12.9. The normalized spacial score (nSPS) is 19.8. The Morgan fingerprint density at radius 3 is 2.93 bits per heavy atom. The lowest BCUT2D eigenvalue weighted by molar-refractivity contribution is -0.132. The fourth-order valence-electron chi connectivity index (χ4n) is 4.39. The molecule has 2 aliphatic rings. The van der Waals surface area contributed by atoms with Crippen molar-refractivity contribution in [2.24, 2.45) is 0 Å². The first-order valence-corrected chi connectivity index (χ1v) is 10.3. The monoisotopic (exact) mass is 382 g/mol. The molecule has 1 unspecified atom stereocenters. The van der Waals surface area contributed by atoms with Crippen LogP contribution in [0.25, 0.3) is 0 Å². The quantitative estimate of drug-likeness (QED) is 0.794. The lowest BCUT2D eigenvalue weighted by Crippen LogP contribution is -2.33. The van der Waals surface area contributed by atoms with Gasteiger partial charge in [0.15, 0.2) is 5.82 Å². The summed E-state index contributed by atoms with van der Waals surface area (Å²) < 4.78 is 1.99. The van der Waals surface area contributed by atoms with Crippen LogP contribution in [-0.4, -0.2) is 55.6 Å². The van der Waals surface area contributed by atoms with Crippen LogP contribution < -0.4 is 0 Å². The van der Waals surface area contributed by atoms with E-state index in [4.69, 9.17) is 4.98 Å². The summed E-state index contributed by atoms with van der Waals surface area (Å²) in [5.41, 5.74) is 4.56. The van der Waals surface area contributed by atoms with Gasteiger partial charge in [-0.3, -0.25) is 9.48 Å². The fraction of sp³-hybridized carbons (Fsp3) is 0.619. The lowest BCUT2D eigenvalue weighted by Gasteiger charge is -2.27. The van der Waals surface area contributed by atoms with Crippen molar-refractivity contribution in [2.45, 2.75) is 65.1 Å². The Bertz CT molecular complexity index is 861. The highest BCUT2D eigenvalue weighted by Crippen LogP contribution is 2.31. The number of nitrogens with zero attached hydrogens (tertiary/aromatic N) is 6. The van der Waals surface area contributed by atoms with Crippen molar-refractivity contribution in [2.75, 3.05) is 20.1 Å². The maximum Gasteiger partial charge on any atom is 0.223 e. The standard InChI is InChI=1S/C21H30N6O/c1-15-12-16(2)27(24-15)10-5-7-20(28)26-9-4-6-19(26)21-22-13-17-14-25(3)11-8-18(17)23-21/h12-13,19H,4-11,14H2,1-3H3. The van der Waals surface area contributed by atoms with Crippen LogP contribution in [0, 0.1) is 13.8 Å². The Morgan fingerprint density at radius 2 is 2.14 bits per heavy atom. The number of amides is 1. The third-order valence-electron chi connectivity index (χ3n) is 5.88. The molecule has 7 nitrogen and oxygen atoms in total. The molecular formula is C21H30N6O. The summed E-state index contributed by atoms with van der Waals surface area (Å²) in [5.74, 6) is 1.04. The minimum Gasteiger partial charge on any atom is -0.332 e. The van der Waals surface area contributed by atoms with Crippen molar-refractivity contribution in [3.8, 4) is 0 Å². The van der Waals surface area contributed by atoms with E-state index in [1.807, 2.05) is 22.7 Å². The van der Waals surface area contributed by atoms with Crippen molar-refractivity contribution in [1.82, 2.24) is 29.5 Å². The van der Waals surface area contributed by atoms with Gasteiger partial charge in [-0.05, 0) is 46.2 Å². The van der Waals surface area contributed by atoms with Gasteiger partial charge in [0.25, 0.3) is 0 Å². The Balaban J connectivity index is 1.39. The zero-order valence-electron chi connectivity index (χ0n) is 17.2. The molecule has 7 heteroatoms. The number of carbonyl (C=O) groups excluding carboxylic acids is 1. The largest absolute Gasteiger partial charge is 0.332 e. The van der Waals surface area contributed by atoms with E-state index in [-0.39, 0.29) is 11.9 Å². The smallest absolute Gasteiger partial charge is 0.223 e. The van der Waals surface area contributed by atoms with Gasteiger partial charge in [0.2, 0.25) is 5.91 Å². The molecule has 0 aromatic carbocycles. The number of carbonyl (C=O) groups is 1. The minimum atomic E-state index is 0.0335. The van der Waals surface area contributed by atoms with Crippen LogP contribution in [0.3, 0.4) is 0 Å². The van der Waals surface area contributed by atoms with E-state index in [9.17, 15) is 4.79 Å². The van der Waals surface area contributed by atoms with Crippen molar-refractivity contribution < 1.29 is 4.79 Å². The SMILES string of the molecule is Cc1cc(C)n(CCCC(=O)N2CCCC2c2ncc3c(n2)CCN(C)C3)n1. The molecule has 0 aliphatic carbocycles. The topological polar surface area (TPSA) is 67.2 Å². The van der Waals surface area contributed by atoms with Crippen molar-refractivity contribution in [3.63, 3.8) is 0 Å². The van der Waals surface area contributed by atoms with Gasteiger partial charge in [0.1, 0.15) is 0 Å². The zero-order valence-corrected chi connectivity index (χ0v) is 17.2. The predicted octanol–water partition coefficient (Wildman–Crippen LogP) is 2.42. The second kappa shape index (κ2) is 7.99. The third kappa shape index (κ3) is 3.94. The Kier molecular flexibility index (Phi) is 5.44. The van der Waals surface area contributed by atoms with Crippen LogP contribution >= 0.6 is 0 Å². The molecule has 1 amide bonds. The molecule has 1 atom stereocenters. The molecule has 0 spiro atoms. The van der Waals surface area contributed by atoms with Crippen LogP contribution in [-0.2, 0) is 24.3 Å². The molecule has 0 bridgehead atoms. The summed E-state index contributed by atoms with van der Waals surface area (Å²) in [6, 6.07) is 2.11. The average Bonchev–Trinajstić information content (AvgIpc) is 3.28. The van der Waals surface area contributed by atoms with E-state index >= 15 is 0 Å². The van der Waals surface area contributed by atoms with E-state index < -0.39 is 0 Å². The molecular weight excluding hydrogens is 352 g/mol. The molecule has 2 aromatic heterocycles. The van der Waals surface area contributed by atoms with Gasteiger partial charge in [0.05, 0.1) is 11.7 Å². The minimum absolute atomic E-state index is 0.0335. The molecule has 0 N–H and O–H groups in total. The molecule has 1 fully saturated rings. The van der Waals surface area contributed by atoms with Gasteiger partial charge < -0.3 is 9.80 Å². The number of likely N-dealkylation sites (tertiary alicyclic amines) is 1. The maximum atomic E-state index is 12.9. The first-order valence-electron chi connectivity index (χ1n) is 10.3. The average molecular weight is 383 g/mol. The Morgan fingerprint density at radius 1 is 1.29 bits per heavy atom. The number of fused-ring (bicyclic) bond motifs is 1. The summed E-state index contributed by atoms with van der Waals surface area (Å²) >= 11 is 0. The van der Waals surface area contributed by atoms with E-state index in [0.717, 1.165) is 74.8 Å². The summed E-state index contributed by atoms with van der Waals surface area (Å²) in [7, 11) is 2.13. The number of aromatic nitrogens is 4. The molecule has 4 heterocycles. The van der Waals surface area contributed by atoms with Gasteiger partial charge in [-0.25, -0.2) is 9.97 Å². The van der Waals surface area contributed by atoms with Crippen molar-refractivity contribution >= 4 is 5.91 Å². The van der Waals surface area contributed by atoms with Gasteiger partial charge in [-0.15, -0.1) is 0 Å². The number of hydrogen-bond donors (Lipinski definition) is 0. The second-order valence-corrected chi connectivity index (χ2v) is 8.19. The predicted molar refractivity (Wildman–Crippen MR) is 107 cm³/mol. The fourth-order valence-corrected chi connectivity index (χ4v) is 4.39. The summed E-state index contributed by atoms with van der Waals surface area (Å²) in [6.45, 7) is 7.60. The molecule has 0 saturated carbocycles. The summed E-state index contributed by atoms with van der Waals surface area (Å²) in [5, 5.41) is 4.48. The number of rotatable bonds is 5. The second-order valence-electron chi connectivity index (χ2n) is 8.19. The van der Waals surface area contributed by atoms with E-state index in [1.54, 1.807) is 0 Å². The van der Waals surface area contributed by atoms with Crippen LogP contribution in [0.2, 0.25) is 0 Å². The Hall–Kier alpha value is -2.28. The van der Waals surface area contributed by atoms with Crippen molar-refractivity contribution in [1.29, 1.82) is 0 Å². The van der Waals surface area contributed by atoms with E-state index in [1.165, 1.54) is 5.56 Å². The molecule has 2 aliphatic heterocycles. The van der Waals surface area contributed by atoms with Crippen molar-refractivity contribution in [3.05, 3.63) is 40.7 Å². The van der Waals surface area contributed by atoms with Crippen LogP contribution in [0.5, 0.6) is 0 Å². The summed E-state index contributed by atoms with van der Waals surface area (Å²) in [4.78, 5) is 26.7. The molecule has 28 heavy (non-hydrogen) atoms. The highest BCUT2D eigenvalue weighted by molar-refractivity contribution is 5.76. The van der Waals surface area contributed by atoms with Gasteiger partial charge in [-0.2, -0.15) is 5.10 Å². The van der Waals surface area contributed by atoms with Gasteiger partial charge >= 0.3 is 0 Å². The van der Waals surface area contributed by atoms with E-state index in [0.29, 0.717) is 6.42 Å². The van der Waals surface area contributed by atoms with Gasteiger partial charge in [0, 0.05) is 62.2 Å². The molecule has 150 valence electrons. The molecule has 4 rings (SSSR count). The molecule has 1 saturated heterocycles. The van der Waals surface area contributed by atoms with Crippen LogP contribution in [0.4, 0.5) is 0 Å². The highest BCUT2D eigenvalue weighted by atomic mass is 16.2. The number of aryl methyl sites for hydroxylation is 3. The highest BCUT2D eigenvalue weighted by Gasteiger charge is 2.32. The first-order chi connectivity index (χ1) is 13.5. The number of hydrogen-bond acceptors (Lipinski definition) is 5. The van der Waals surface area contributed by atoms with E-state index in [2.05, 4.69) is 35.0 Å². The van der Waals surface area contributed by atoms with Crippen LogP contribution in [0.1, 0.15) is 60.2 Å². The number of likely N-dealkylation sites (N-methyl/N-ethyl adjacent to an activating group) is 1. The molecule has 0 radical (unpaired) electrons. The molecule has 2 aromatic rings. The first kappa shape index (κ1) is 19.1. The summed E-state index contributed by atoms with van der Waals surface area (Å²) in [6.07, 6.45) is 6.27. The third-order valence-corrected chi connectivity index (χ3v) is 5.88. The Labute approximate surface area is 166 Å². The lowest BCUT2D eigenvalue weighted by atomic mass is 10.1. The van der Waals surface area contributed by atoms with Crippen LogP contribution in [0.15, 0.2) is 12.3 Å². The zero-order chi connectivity index (χ0) is 19.7.